The molecule has 0 aliphatic heterocycles. The molecule has 0 amide bonds. The van der Waals surface area contributed by atoms with E-state index in [4.69, 9.17) is 0 Å². The zero-order valence-electron chi connectivity index (χ0n) is 9.11. The lowest BCUT2D eigenvalue weighted by Gasteiger charge is -2.15. The second-order valence-electron chi connectivity index (χ2n) is 4.23. The van der Waals surface area contributed by atoms with E-state index in [0.29, 0.717) is 5.92 Å². The molecule has 72 valence electrons. The van der Waals surface area contributed by atoms with Crippen molar-refractivity contribution in [1.29, 1.82) is 0 Å². The highest BCUT2D eigenvalue weighted by Crippen LogP contribution is 2.22. The van der Waals surface area contributed by atoms with E-state index in [1.807, 2.05) is 0 Å². The monoisotopic (exact) mass is 176 g/mol. The smallest absolute Gasteiger partial charge is 0.0206 e. The lowest BCUT2D eigenvalue weighted by molar-refractivity contribution is 0.430. The Bertz CT molecular complexity index is 237. The molecule has 1 aliphatic rings. The molecule has 0 saturated heterocycles. The fourth-order valence-corrected chi connectivity index (χ4v) is 1.58. The molecule has 0 spiro atoms. The number of hydrogen-bond donors (Lipinski definition) is 0. The van der Waals surface area contributed by atoms with Gasteiger partial charge >= 0.3 is 0 Å². The fraction of sp³-hybridized carbons (Fsp3) is 0.692. The van der Waals surface area contributed by atoms with Gasteiger partial charge in [-0.2, -0.15) is 0 Å². The fourth-order valence-electron chi connectivity index (χ4n) is 1.58. The van der Waals surface area contributed by atoms with Crippen molar-refractivity contribution in [2.24, 2.45) is 5.92 Å². The maximum absolute atomic E-state index is 3.39. The summed E-state index contributed by atoms with van der Waals surface area (Å²) in [4.78, 5) is 0. The van der Waals surface area contributed by atoms with Gasteiger partial charge in [0.05, 0.1) is 0 Å². The summed E-state index contributed by atoms with van der Waals surface area (Å²) in [5, 5.41) is 0. The van der Waals surface area contributed by atoms with Crippen LogP contribution < -0.4 is 0 Å². The predicted molar refractivity (Wildman–Crippen MR) is 58.4 cm³/mol. The number of allylic oxidation sites excluding steroid dienone is 2. The summed E-state index contributed by atoms with van der Waals surface area (Å²) in [5.41, 5.74) is 2.61. The van der Waals surface area contributed by atoms with Crippen LogP contribution in [0.4, 0.5) is 0 Å². The maximum Gasteiger partial charge on any atom is 0.0206 e. The summed E-state index contributed by atoms with van der Waals surface area (Å²) < 4.78 is 0. The molecular formula is C13H20. The lowest BCUT2D eigenvalue weighted by atomic mass is 9.89. The molecule has 0 bridgehead atoms. The van der Waals surface area contributed by atoms with E-state index in [9.17, 15) is 0 Å². The van der Waals surface area contributed by atoms with Crippen molar-refractivity contribution in [2.45, 2.75) is 52.9 Å². The summed E-state index contributed by atoms with van der Waals surface area (Å²) >= 11 is 0. The second kappa shape index (κ2) is 5.12. The molecule has 0 heteroatoms. The van der Waals surface area contributed by atoms with E-state index >= 15 is 0 Å². The predicted octanol–water partition coefficient (Wildman–Crippen LogP) is 3.93. The highest BCUT2D eigenvalue weighted by Gasteiger charge is 2.09. The zero-order valence-corrected chi connectivity index (χ0v) is 9.11. The van der Waals surface area contributed by atoms with Crippen LogP contribution in [0.1, 0.15) is 52.9 Å². The van der Waals surface area contributed by atoms with Gasteiger partial charge in [0.25, 0.3) is 0 Å². The molecule has 0 aromatic rings. The molecule has 0 nitrogen and oxygen atoms in total. The van der Waals surface area contributed by atoms with Crippen LogP contribution in [0.15, 0.2) is 11.1 Å². The minimum Gasteiger partial charge on any atom is -0.0948 e. The van der Waals surface area contributed by atoms with E-state index in [1.54, 1.807) is 0 Å². The first kappa shape index (κ1) is 10.4. The Balaban J connectivity index is 2.50. The third-order valence-corrected chi connectivity index (χ3v) is 2.82. The van der Waals surface area contributed by atoms with E-state index in [1.165, 1.54) is 43.3 Å². The van der Waals surface area contributed by atoms with Crippen LogP contribution in [0, 0.1) is 17.8 Å². The Morgan fingerprint density at radius 1 is 1.00 bits per heavy atom. The largest absolute Gasteiger partial charge is 0.0948 e. The second-order valence-corrected chi connectivity index (χ2v) is 4.23. The van der Waals surface area contributed by atoms with Gasteiger partial charge in [-0.25, -0.2) is 0 Å². The molecule has 1 rings (SSSR count). The SMILES string of the molecule is CC(C)=C(C)C#CC1CCCCC1. The molecule has 0 radical (unpaired) electrons. The van der Waals surface area contributed by atoms with E-state index in [-0.39, 0.29) is 0 Å². The Labute approximate surface area is 82.4 Å². The van der Waals surface area contributed by atoms with Crippen molar-refractivity contribution in [3.8, 4) is 11.8 Å². The zero-order chi connectivity index (χ0) is 9.68. The quantitative estimate of drug-likeness (QED) is 0.491. The van der Waals surface area contributed by atoms with Crippen LogP contribution in [0.2, 0.25) is 0 Å². The Morgan fingerprint density at radius 3 is 2.15 bits per heavy atom. The summed E-state index contributed by atoms with van der Waals surface area (Å²) in [6.07, 6.45) is 6.83. The van der Waals surface area contributed by atoms with E-state index in [2.05, 4.69) is 32.6 Å². The van der Waals surface area contributed by atoms with E-state index < -0.39 is 0 Å². The van der Waals surface area contributed by atoms with Gasteiger partial charge in [-0.15, -0.1) is 0 Å². The molecule has 0 unspecified atom stereocenters. The lowest BCUT2D eigenvalue weighted by Crippen LogP contribution is -2.03. The molecule has 0 aromatic carbocycles. The molecule has 0 atom stereocenters. The molecule has 13 heavy (non-hydrogen) atoms. The van der Waals surface area contributed by atoms with Gasteiger partial charge in [0, 0.05) is 5.92 Å². The molecule has 1 saturated carbocycles. The van der Waals surface area contributed by atoms with Crippen molar-refractivity contribution in [2.75, 3.05) is 0 Å². The summed E-state index contributed by atoms with van der Waals surface area (Å²) in [6, 6.07) is 0. The highest BCUT2D eigenvalue weighted by molar-refractivity contribution is 5.30. The van der Waals surface area contributed by atoms with Gasteiger partial charge < -0.3 is 0 Å². The van der Waals surface area contributed by atoms with Crippen molar-refractivity contribution in [1.82, 2.24) is 0 Å². The van der Waals surface area contributed by atoms with E-state index in [0.717, 1.165) is 0 Å². The summed E-state index contributed by atoms with van der Waals surface area (Å²) in [7, 11) is 0. The van der Waals surface area contributed by atoms with Gasteiger partial charge in [-0.1, -0.05) is 36.7 Å². The molecule has 0 N–H and O–H groups in total. The molecule has 1 aliphatic carbocycles. The first-order chi connectivity index (χ1) is 6.20. The molecular weight excluding hydrogens is 156 g/mol. The summed E-state index contributed by atoms with van der Waals surface area (Å²) in [6.45, 7) is 6.38. The normalized spacial score (nSPS) is 17.5. The minimum absolute atomic E-state index is 0.683. The van der Waals surface area contributed by atoms with Gasteiger partial charge in [0.15, 0.2) is 0 Å². The molecule has 1 fully saturated rings. The topological polar surface area (TPSA) is 0 Å². The number of rotatable bonds is 0. The van der Waals surface area contributed by atoms with Gasteiger partial charge in [-0.05, 0) is 39.2 Å². The van der Waals surface area contributed by atoms with Crippen molar-refractivity contribution < 1.29 is 0 Å². The van der Waals surface area contributed by atoms with Crippen molar-refractivity contribution >= 4 is 0 Å². The first-order valence-corrected chi connectivity index (χ1v) is 5.36. The van der Waals surface area contributed by atoms with Crippen molar-refractivity contribution in [3.63, 3.8) is 0 Å². The van der Waals surface area contributed by atoms with Gasteiger partial charge in [0.1, 0.15) is 0 Å². The Morgan fingerprint density at radius 2 is 1.62 bits per heavy atom. The minimum atomic E-state index is 0.683. The average molecular weight is 176 g/mol. The first-order valence-electron chi connectivity index (χ1n) is 5.36. The molecule has 0 heterocycles. The third kappa shape index (κ3) is 3.68. The van der Waals surface area contributed by atoms with Crippen LogP contribution >= 0.6 is 0 Å². The van der Waals surface area contributed by atoms with Crippen LogP contribution in [0.5, 0.6) is 0 Å². The number of hydrogen-bond acceptors (Lipinski definition) is 0. The Hall–Kier alpha value is -0.700. The van der Waals surface area contributed by atoms with Gasteiger partial charge in [0.2, 0.25) is 0 Å². The average Bonchev–Trinajstić information content (AvgIpc) is 2.15. The van der Waals surface area contributed by atoms with Gasteiger partial charge in [-0.3, -0.25) is 0 Å². The maximum atomic E-state index is 3.39. The van der Waals surface area contributed by atoms with Crippen LogP contribution in [0.25, 0.3) is 0 Å². The summed E-state index contributed by atoms with van der Waals surface area (Å²) in [5.74, 6) is 7.36. The van der Waals surface area contributed by atoms with Crippen LogP contribution in [0.3, 0.4) is 0 Å². The van der Waals surface area contributed by atoms with Crippen molar-refractivity contribution in [3.05, 3.63) is 11.1 Å². The van der Waals surface area contributed by atoms with Crippen LogP contribution in [-0.4, -0.2) is 0 Å². The molecule has 0 aromatic heterocycles. The standard InChI is InChI=1S/C13H20/c1-11(2)12(3)9-10-13-7-5-4-6-8-13/h13H,4-8H2,1-3H3. The third-order valence-electron chi connectivity index (χ3n) is 2.82. The van der Waals surface area contributed by atoms with Crippen LogP contribution in [-0.2, 0) is 0 Å². The highest BCUT2D eigenvalue weighted by atomic mass is 14.1. The Kier molecular flexibility index (Phi) is 4.09.